The lowest BCUT2D eigenvalue weighted by molar-refractivity contribution is -0.117. The molecule has 0 aliphatic carbocycles. The molecule has 1 aliphatic heterocycles. The summed E-state index contributed by atoms with van der Waals surface area (Å²) in [5.74, 6) is 0.517. The number of benzene rings is 2. The Bertz CT molecular complexity index is 884. The molecule has 2 heterocycles. The van der Waals surface area contributed by atoms with Gasteiger partial charge in [-0.2, -0.15) is 0 Å². The van der Waals surface area contributed by atoms with Gasteiger partial charge in [-0.3, -0.25) is 4.79 Å². The van der Waals surface area contributed by atoms with Crippen LogP contribution in [0.25, 0.3) is 11.3 Å². The molecule has 3 nitrogen and oxygen atoms in total. The molecule has 0 saturated heterocycles. The minimum atomic E-state index is -0.322. The molecule has 4 rings (SSSR count). The van der Waals surface area contributed by atoms with E-state index in [9.17, 15) is 9.18 Å². The van der Waals surface area contributed by atoms with Crippen molar-refractivity contribution in [1.82, 2.24) is 0 Å². The van der Waals surface area contributed by atoms with Crippen LogP contribution in [0.15, 0.2) is 65.1 Å². The zero-order chi connectivity index (χ0) is 15.8. The van der Waals surface area contributed by atoms with Crippen LogP contribution in [0.3, 0.4) is 0 Å². The van der Waals surface area contributed by atoms with Crippen LogP contribution >= 0.6 is 0 Å². The summed E-state index contributed by atoms with van der Waals surface area (Å²) in [6.45, 7) is 0. The van der Waals surface area contributed by atoms with E-state index in [0.29, 0.717) is 23.5 Å². The Labute approximate surface area is 132 Å². The number of furan rings is 1. The summed E-state index contributed by atoms with van der Waals surface area (Å²) in [6.07, 6.45) is 0.456. The van der Waals surface area contributed by atoms with Crippen molar-refractivity contribution in [2.45, 2.75) is 12.3 Å². The molecule has 23 heavy (non-hydrogen) atoms. The topological polar surface area (TPSA) is 42.2 Å². The number of carbonyl (C=O) groups is 1. The molecule has 0 radical (unpaired) electrons. The zero-order valence-electron chi connectivity index (χ0n) is 12.3. The van der Waals surface area contributed by atoms with Crippen LogP contribution in [0.2, 0.25) is 0 Å². The van der Waals surface area contributed by atoms with Gasteiger partial charge in [-0.25, -0.2) is 4.39 Å². The number of carbonyl (C=O) groups excluding carboxylic acids is 1. The Morgan fingerprint density at radius 1 is 1.00 bits per heavy atom. The van der Waals surface area contributed by atoms with Crippen LogP contribution in [0.4, 0.5) is 10.1 Å². The maximum Gasteiger partial charge on any atom is 0.232 e. The number of anilines is 1. The molecule has 0 bridgehead atoms. The molecule has 1 N–H and O–H groups in total. The van der Waals surface area contributed by atoms with E-state index in [1.54, 1.807) is 30.3 Å². The number of rotatable bonds is 3. The van der Waals surface area contributed by atoms with Crippen molar-refractivity contribution in [3.05, 3.63) is 77.8 Å². The second kappa shape index (κ2) is 5.39. The minimum absolute atomic E-state index is 0.0324. The van der Waals surface area contributed by atoms with E-state index in [1.165, 1.54) is 6.07 Å². The van der Waals surface area contributed by atoms with Crippen LogP contribution in [-0.2, 0) is 11.2 Å². The van der Waals surface area contributed by atoms with Crippen LogP contribution < -0.4 is 5.32 Å². The van der Waals surface area contributed by atoms with E-state index in [4.69, 9.17) is 4.42 Å². The predicted molar refractivity (Wildman–Crippen MR) is 85.6 cm³/mol. The minimum Gasteiger partial charge on any atom is -0.461 e. The monoisotopic (exact) mass is 307 g/mol. The first-order valence-corrected chi connectivity index (χ1v) is 7.46. The molecule has 0 fully saturated rings. The first-order valence-electron chi connectivity index (χ1n) is 7.46. The average Bonchev–Trinajstić information content (AvgIpc) is 3.14. The first kappa shape index (κ1) is 13.8. The summed E-state index contributed by atoms with van der Waals surface area (Å²) >= 11 is 0. The lowest BCUT2D eigenvalue weighted by atomic mass is 9.96. The molecule has 1 amide bonds. The van der Waals surface area contributed by atoms with Crippen LogP contribution in [0.5, 0.6) is 0 Å². The molecule has 3 aromatic rings. The van der Waals surface area contributed by atoms with Gasteiger partial charge in [0, 0.05) is 12.1 Å². The molecular formula is C19H14FNO2. The van der Waals surface area contributed by atoms with E-state index in [2.05, 4.69) is 5.32 Å². The van der Waals surface area contributed by atoms with Crippen molar-refractivity contribution in [3.63, 3.8) is 0 Å². The quantitative estimate of drug-likeness (QED) is 0.781. The van der Waals surface area contributed by atoms with Gasteiger partial charge in [0.15, 0.2) is 0 Å². The Balaban J connectivity index is 1.62. The SMILES string of the molecule is O=C1Nc2ccccc2[C@H]1Cc1ccc(-c2ccccc2F)o1. The first-order chi connectivity index (χ1) is 11.2. The van der Waals surface area contributed by atoms with Crippen molar-refractivity contribution in [1.29, 1.82) is 0 Å². The fraction of sp³-hybridized carbons (Fsp3) is 0.105. The predicted octanol–water partition coefficient (Wildman–Crippen LogP) is 4.36. The molecule has 0 unspecified atom stereocenters. The third-order valence-electron chi connectivity index (χ3n) is 4.12. The van der Waals surface area contributed by atoms with Gasteiger partial charge in [0.05, 0.1) is 11.5 Å². The summed E-state index contributed by atoms with van der Waals surface area (Å²) in [5, 5.41) is 2.87. The Morgan fingerprint density at radius 2 is 1.78 bits per heavy atom. The smallest absolute Gasteiger partial charge is 0.232 e. The van der Waals surface area contributed by atoms with Gasteiger partial charge in [-0.1, -0.05) is 30.3 Å². The molecule has 1 aromatic heterocycles. The Morgan fingerprint density at radius 3 is 2.65 bits per heavy atom. The van der Waals surface area contributed by atoms with Gasteiger partial charge in [-0.15, -0.1) is 0 Å². The summed E-state index contributed by atoms with van der Waals surface area (Å²) in [4.78, 5) is 12.2. The molecule has 2 aromatic carbocycles. The maximum atomic E-state index is 13.8. The number of halogens is 1. The van der Waals surface area contributed by atoms with E-state index < -0.39 is 0 Å². The van der Waals surface area contributed by atoms with Gasteiger partial charge >= 0.3 is 0 Å². The van der Waals surface area contributed by atoms with E-state index >= 15 is 0 Å². The third-order valence-corrected chi connectivity index (χ3v) is 4.12. The van der Waals surface area contributed by atoms with Crippen molar-refractivity contribution in [2.24, 2.45) is 0 Å². The summed E-state index contributed by atoms with van der Waals surface area (Å²) < 4.78 is 19.6. The summed E-state index contributed by atoms with van der Waals surface area (Å²) in [5.41, 5.74) is 2.25. The summed E-state index contributed by atoms with van der Waals surface area (Å²) in [7, 11) is 0. The second-order valence-corrected chi connectivity index (χ2v) is 5.58. The number of fused-ring (bicyclic) bond motifs is 1. The number of para-hydroxylation sites is 1. The molecule has 114 valence electrons. The average molecular weight is 307 g/mol. The van der Waals surface area contributed by atoms with Gasteiger partial charge in [0.25, 0.3) is 0 Å². The normalized spacial score (nSPS) is 16.2. The summed E-state index contributed by atoms with van der Waals surface area (Å²) in [6, 6.07) is 17.7. The van der Waals surface area contributed by atoms with Gasteiger partial charge in [0.1, 0.15) is 17.3 Å². The van der Waals surface area contributed by atoms with E-state index in [0.717, 1.165) is 11.3 Å². The molecule has 0 spiro atoms. The van der Waals surface area contributed by atoms with E-state index in [1.807, 2.05) is 24.3 Å². The van der Waals surface area contributed by atoms with Crippen molar-refractivity contribution < 1.29 is 13.6 Å². The maximum absolute atomic E-state index is 13.8. The highest BCUT2D eigenvalue weighted by atomic mass is 19.1. The second-order valence-electron chi connectivity index (χ2n) is 5.58. The molecule has 0 saturated carbocycles. The zero-order valence-corrected chi connectivity index (χ0v) is 12.3. The molecular weight excluding hydrogens is 293 g/mol. The number of hydrogen-bond acceptors (Lipinski definition) is 2. The molecule has 4 heteroatoms. The van der Waals surface area contributed by atoms with Crippen molar-refractivity contribution in [3.8, 4) is 11.3 Å². The fourth-order valence-electron chi connectivity index (χ4n) is 2.97. The number of amides is 1. The largest absolute Gasteiger partial charge is 0.461 e. The third kappa shape index (κ3) is 2.42. The Hall–Kier alpha value is -2.88. The standard InChI is InChI=1S/C19H14FNO2/c20-16-7-3-1-6-14(16)18-10-9-12(23-18)11-15-13-5-2-4-8-17(13)21-19(15)22/h1-10,15H,11H2,(H,21,22)/t15-/m1/s1. The molecule has 1 aliphatic rings. The van der Waals surface area contributed by atoms with Crippen LogP contribution in [0.1, 0.15) is 17.2 Å². The lowest BCUT2D eigenvalue weighted by Gasteiger charge is -2.06. The lowest BCUT2D eigenvalue weighted by Crippen LogP contribution is -2.13. The Kier molecular flexibility index (Phi) is 3.23. The van der Waals surface area contributed by atoms with Crippen LogP contribution in [0, 0.1) is 5.82 Å². The number of hydrogen-bond donors (Lipinski definition) is 1. The number of nitrogens with one attached hydrogen (secondary N) is 1. The van der Waals surface area contributed by atoms with Crippen molar-refractivity contribution >= 4 is 11.6 Å². The highest BCUT2D eigenvalue weighted by Crippen LogP contribution is 2.35. The van der Waals surface area contributed by atoms with E-state index in [-0.39, 0.29) is 17.6 Å². The van der Waals surface area contributed by atoms with Gasteiger partial charge in [0.2, 0.25) is 5.91 Å². The van der Waals surface area contributed by atoms with Crippen molar-refractivity contribution in [2.75, 3.05) is 5.32 Å². The van der Waals surface area contributed by atoms with Gasteiger partial charge < -0.3 is 9.73 Å². The fourth-order valence-corrected chi connectivity index (χ4v) is 2.97. The highest BCUT2D eigenvalue weighted by Gasteiger charge is 2.31. The van der Waals surface area contributed by atoms with Crippen LogP contribution in [-0.4, -0.2) is 5.91 Å². The highest BCUT2D eigenvalue weighted by molar-refractivity contribution is 6.02. The molecule has 1 atom stereocenters. The van der Waals surface area contributed by atoms with Gasteiger partial charge in [-0.05, 0) is 35.9 Å².